The highest BCUT2D eigenvalue weighted by Gasteiger charge is 2.14. The van der Waals surface area contributed by atoms with E-state index in [1.54, 1.807) is 0 Å². The van der Waals surface area contributed by atoms with Crippen LogP contribution < -0.4 is 5.32 Å². The monoisotopic (exact) mass is 361 g/mol. The third kappa shape index (κ3) is 3.02. The van der Waals surface area contributed by atoms with Crippen molar-refractivity contribution in [2.45, 2.75) is 20.8 Å². The maximum atomic E-state index is 12.5. The van der Waals surface area contributed by atoms with Gasteiger partial charge in [-0.3, -0.25) is 10.1 Å². The largest absolute Gasteiger partial charge is 0.351 e. The fourth-order valence-corrected chi connectivity index (χ4v) is 4.09. The molecule has 0 atom stereocenters. The summed E-state index contributed by atoms with van der Waals surface area (Å²) in [4.78, 5) is 20.3. The normalized spacial score (nSPS) is 11.0. The molecule has 4 aromatic rings. The third-order valence-electron chi connectivity index (χ3n) is 4.43. The quantitative estimate of drug-likeness (QED) is 0.508. The van der Waals surface area contributed by atoms with Gasteiger partial charge in [0.05, 0.1) is 5.69 Å². The van der Waals surface area contributed by atoms with Gasteiger partial charge in [0.15, 0.2) is 5.13 Å². The first-order chi connectivity index (χ1) is 12.5. The van der Waals surface area contributed by atoms with E-state index in [2.05, 4.69) is 48.2 Å². The number of hydrogen-bond acceptors (Lipinski definition) is 3. The predicted molar refractivity (Wildman–Crippen MR) is 108 cm³/mol. The summed E-state index contributed by atoms with van der Waals surface area (Å²) in [6, 6.07) is 14.0. The topological polar surface area (TPSA) is 57.8 Å². The van der Waals surface area contributed by atoms with Crippen LogP contribution >= 0.6 is 11.3 Å². The van der Waals surface area contributed by atoms with E-state index >= 15 is 0 Å². The van der Waals surface area contributed by atoms with Gasteiger partial charge in [-0.2, -0.15) is 0 Å². The zero-order valence-electron chi connectivity index (χ0n) is 14.9. The van der Waals surface area contributed by atoms with E-state index < -0.39 is 0 Å². The van der Waals surface area contributed by atoms with E-state index in [1.807, 2.05) is 35.7 Å². The number of fused-ring (bicyclic) bond motifs is 1. The van der Waals surface area contributed by atoms with Gasteiger partial charge in [-0.05, 0) is 44.0 Å². The molecule has 26 heavy (non-hydrogen) atoms. The maximum Gasteiger partial charge on any atom is 0.273 e. The number of rotatable bonds is 3. The van der Waals surface area contributed by atoms with Gasteiger partial charge in [0, 0.05) is 21.8 Å². The molecule has 0 spiro atoms. The first-order valence-corrected chi connectivity index (χ1v) is 9.32. The highest BCUT2D eigenvalue weighted by molar-refractivity contribution is 7.14. The summed E-state index contributed by atoms with van der Waals surface area (Å²) in [5.74, 6) is -0.181. The highest BCUT2D eigenvalue weighted by Crippen LogP contribution is 2.31. The lowest BCUT2D eigenvalue weighted by atomic mass is 9.98. The molecule has 4 nitrogen and oxygen atoms in total. The molecule has 2 aromatic carbocycles. The number of thiazole rings is 1. The number of para-hydroxylation sites is 1. The SMILES string of the molecule is Cc1cc(C)c(-c2csc(NC(=O)c3cc4ccccc4[nH]3)n2)c(C)c1. The van der Waals surface area contributed by atoms with Crippen LogP contribution in [0.2, 0.25) is 0 Å². The minimum Gasteiger partial charge on any atom is -0.351 e. The number of H-pyrrole nitrogens is 1. The van der Waals surface area contributed by atoms with Crippen molar-refractivity contribution in [3.8, 4) is 11.3 Å². The molecule has 5 heteroatoms. The Morgan fingerprint density at radius 2 is 1.81 bits per heavy atom. The van der Waals surface area contributed by atoms with Crippen LogP contribution in [0.5, 0.6) is 0 Å². The number of nitrogens with zero attached hydrogens (tertiary/aromatic N) is 1. The third-order valence-corrected chi connectivity index (χ3v) is 5.19. The van der Waals surface area contributed by atoms with Crippen molar-refractivity contribution >= 4 is 33.3 Å². The molecule has 130 valence electrons. The number of aromatic nitrogens is 2. The minimum absolute atomic E-state index is 0.181. The second kappa shape index (κ2) is 6.42. The minimum atomic E-state index is -0.181. The molecule has 0 saturated heterocycles. The summed E-state index contributed by atoms with van der Waals surface area (Å²) in [6.45, 7) is 6.28. The molecule has 2 aromatic heterocycles. The predicted octanol–water partition coefficient (Wildman–Crippen LogP) is 5.47. The zero-order valence-corrected chi connectivity index (χ0v) is 15.7. The van der Waals surface area contributed by atoms with E-state index in [4.69, 9.17) is 0 Å². The molecule has 0 saturated carbocycles. The van der Waals surface area contributed by atoms with Gasteiger partial charge in [0.1, 0.15) is 5.69 Å². The van der Waals surface area contributed by atoms with Crippen LogP contribution in [0.3, 0.4) is 0 Å². The highest BCUT2D eigenvalue weighted by atomic mass is 32.1. The Morgan fingerprint density at radius 3 is 2.54 bits per heavy atom. The fourth-order valence-electron chi connectivity index (χ4n) is 3.39. The summed E-state index contributed by atoms with van der Waals surface area (Å²) in [5.41, 5.74) is 7.15. The van der Waals surface area contributed by atoms with Crippen LogP contribution in [-0.2, 0) is 0 Å². The number of amides is 1. The molecular formula is C21H19N3OS. The molecule has 4 rings (SSSR count). The van der Waals surface area contributed by atoms with E-state index in [0.717, 1.165) is 22.2 Å². The fraction of sp³-hybridized carbons (Fsp3) is 0.143. The average molecular weight is 361 g/mol. The Morgan fingerprint density at radius 1 is 1.08 bits per heavy atom. The van der Waals surface area contributed by atoms with Crippen LogP contribution in [0.25, 0.3) is 22.2 Å². The average Bonchev–Trinajstić information content (AvgIpc) is 3.20. The summed E-state index contributed by atoms with van der Waals surface area (Å²) >= 11 is 1.44. The van der Waals surface area contributed by atoms with E-state index in [1.165, 1.54) is 28.0 Å². The summed E-state index contributed by atoms with van der Waals surface area (Å²) in [5, 5.41) is 6.51. The van der Waals surface area contributed by atoms with E-state index in [0.29, 0.717) is 10.8 Å². The number of nitrogens with one attached hydrogen (secondary N) is 2. The summed E-state index contributed by atoms with van der Waals surface area (Å²) in [6.07, 6.45) is 0. The van der Waals surface area contributed by atoms with Gasteiger partial charge in [-0.1, -0.05) is 35.9 Å². The molecule has 0 aliphatic heterocycles. The van der Waals surface area contributed by atoms with Crippen molar-refractivity contribution in [3.63, 3.8) is 0 Å². The molecule has 2 heterocycles. The van der Waals surface area contributed by atoms with Crippen LogP contribution in [0.15, 0.2) is 47.8 Å². The van der Waals surface area contributed by atoms with Gasteiger partial charge in [0.25, 0.3) is 5.91 Å². The second-order valence-electron chi connectivity index (χ2n) is 6.54. The number of carbonyl (C=O) groups excluding carboxylic acids is 1. The number of aromatic amines is 1. The smallest absolute Gasteiger partial charge is 0.273 e. The van der Waals surface area contributed by atoms with E-state index in [-0.39, 0.29) is 5.91 Å². The number of hydrogen-bond donors (Lipinski definition) is 2. The van der Waals surface area contributed by atoms with Crippen molar-refractivity contribution in [1.29, 1.82) is 0 Å². The van der Waals surface area contributed by atoms with Gasteiger partial charge < -0.3 is 4.98 Å². The zero-order chi connectivity index (χ0) is 18.3. The Hall–Kier alpha value is -2.92. The second-order valence-corrected chi connectivity index (χ2v) is 7.39. The Labute approximate surface area is 155 Å². The van der Waals surface area contributed by atoms with Crippen LogP contribution in [-0.4, -0.2) is 15.9 Å². The molecule has 0 fully saturated rings. The first kappa shape index (κ1) is 16.5. The summed E-state index contributed by atoms with van der Waals surface area (Å²) in [7, 11) is 0. The van der Waals surface area contributed by atoms with Crippen LogP contribution in [0, 0.1) is 20.8 Å². The van der Waals surface area contributed by atoms with Gasteiger partial charge in [-0.25, -0.2) is 4.98 Å². The van der Waals surface area contributed by atoms with Crippen molar-refractivity contribution in [2.24, 2.45) is 0 Å². The number of carbonyl (C=O) groups is 1. The molecule has 0 bridgehead atoms. The number of benzene rings is 2. The lowest BCUT2D eigenvalue weighted by Gasteiger charge is -2.08. The van der Waals surface area contributed by atoms with Crippen LogP contribution in [0.1, 0.15) is 27.2 Å². The van der Waals surface area contributed by atoms with Gasteiger partial charge in [-0.15, -0.1) is 11.3 Å². The molecule has 0 aliphatic carbocycles. The molecule has 0 radical (unpaired) electrons. The molecule has 1 amide bonds. The molecule has 0 unspecified atom stereocenters. The lowest BCUT2D eigenvalue weighted by molar-refractivity contribution is 0.102. The molecular weight excluding hydrogens is 342 g/mol. The Kier molecular flexibility index (Phi) is 4.09. The Balaban J connectivity index is 1.60. The van der Waals surface area contributed by atoms with Crippen LogP contribution in [0.4, 0.5) is 5.13 Å². The number of aryl methyl sites for hydroxylation is 3. The van der Waals surface area contributed by atoms with Crippen molar-refractivity contribution in [2.75, 3.05) is 5.32 Å². The standard InChI is InChI=1S/C21H19N3OS/c1-12-8-13(2)19(14(3)9-12)18-11-26-21(23-18)24-20(25)17-10-15-6-4-5-7-16(15)22-17/h4-11,22H,1-3H3,(H,23,24,25). The maximum absolute atomic E-state index is 12.5. The Bertz CT molecular complexity index is 1070. The van der Waals surface area contributed by atoms with E-state index in [9.17, 15) is 4.79 Å². The first-order valence-electron chi connectivity index (χ1n) is 8.44. The molecule has 0 aliphatic rings. The molecule has 2 N–H and O–H groups in total. The van der Waals surface area contributed by atoms with Crippen molar-refractivity contribution in [1.82, 2.24) is 9.97 Å². The summed E-state index contributed by atoms with van der Waals surface area (Å²) < 4.78 is 0. The number of anilines is 1. The lowest BCUT2D eigenvalue weighted by Crippen LogP contribution is -2.11. The van der Waals surface area contributed by atoms with Crippen molar-refractivity contribution in [3.05, 3.63) is 70.2 Å². The van der Waals surface area contributed by atoms with Gasteiger partial charge >= 0.3 is 0 Å². The van der Waals surface area contributed by atoms with Gasteiger partial charge in [0.2, 0.25) is 0 Å². The van der Waals surface area contributed by atoms with Crippen molar-refractivity contribution < 1.29 is 4.79 Å².